The number of nitriles is 1. The number of carbonyl (C=O) groups excluding carboxylic acids is 3. The van der Waals surface area contributed by atoms with E-state index in [1.807, 2.05) is 0 Å². The van der Waals surface area contributed by atoms with E-state index in [0.717, 1.165) is 12.8 Å². The summed E-state index contributed by atoms with van der Waals surface area (Å²) in [4.78, 5) is 37.0. The second-order valence-corrected chi connectivity index (χ2v) is 7.68. The topological polar surface area (TPSA) is 108 Å². The Morgan fingerprint density at radius 3 is 2.58 bits per heavy atom. The van der Waals surface area contributed by atoms with Crippen molar-refractivity contribution in [2.75, 3.05) is 6.61 Å². The molecule has 26 heavy (non-hydrogen) atoms. The van der Waals surface area contributed by atoms with Crippen molar-refractivity contribution < 1.29 is 19.1 Å². The molecule has 1 aliphatic carbocycles. The Balaban J connectivity index is 1.88. The normalized spacial score (nSPS) is 16.5. The van der Waals surface area contributed by atoms with Gasteiger partial charge in [0.25, 0.3) is 11.8 Å². The van der Waals surface area contributed by atoms with Crippen LogP contribution in [-0.4, -0.2) is 36.0 Å². The summed E-state index contributed by atoms with van der Waals surface area (Å²) < 4.78 is 5.07. The molecular formula is C18H23N3O4S. The quantitative estimate of drug-likeness (QED) is 0.707. The van der Waals surface area contributed by atoms with Gasteiger partial charge in [-0.25, -0.2) is 4.79 Å². The fourth-order valence-corrected chi connectivity index (χ4v) is 3.52. The molecule has 0 spiro atoms. The lowest BCUT2D eigenvalue weighted by Gasteiger charge is -2.23. The number of nitrogens with one attached hydrogen (secondary N) is 2. The first-order chi connectivity index (χ1) is 12.4. The lowest BCUT2D eigenvalue weighted by Crippen LogP contribution is -2.49. The highest BCUT2D eigenvalue weighted by Gasteiger charge is 2.36. The van der Waals surface area contributed by atoms with Crippen LogP contribution in [0.3, 0.4) is 0 Å². The van der Waals surface area contributed by atoms with E-state index in [1.54, 1.807) is 31.4 Å². The molecule has 140 valence electrons. The number of nitrogens with zero attached hydrogens (tertiary/aromatic N) is 1. The number of esters is 1. The molecule has 0 aromatic carbocycles. The summed E-state index contributed by atoms with van der Waals surface area (Å²) in [5, 5.41) is 16.4. The minimum atomic E-state index is -0.853. The van der Waals surface area contributed by atoms with Crippen LogP contribution in [0.4, 0.5) is 0 Å². The Bertz CT molecular complexity index is 688. The summed E-state index contributed by atoms with van der Waals surface area (Å²) in [5.41, 5.74) is -0.853. The van der Waals surface area contributed by atoms with E-state index >= 15 is 0 Å². The molecule has 1 aliphatic rings. The summed E-state index contributed by atoms with van der Waals surface area (Å²) in [6.07, 6.45) is 2.99. The summed E-state index contributed by atoms with van der Waals surface area (Å²) >= 11 is 1.28. The van der Waals surface area contributed by atoms with Gasteiger partial charge >= 0.3 is 5.97 Å². The molecule has 2 N–H and O–H groups in total. The monoisotopic (exact) mass is 377 g/mol. The molecule has 1 fully saturated rings. The third-order valence-electron chi connectivity index (χ3n) is 4.35. The van der Waals surface area contributed by atoms with Crippen molar-refractivity contribution in [3.8, 4) is 6.07 Å². The van der Waals surface area contributed by atoms with E-state index < -0.39 is 30.1 Å². The van der Waals surface area contributed by atoms with Crippen LogP contribution in [0, 0.1) is 17.2 Å². The Morgan fingerprint density at radius 1 is 1.35 bits per heavy atom. The summed E-state index contributed by atoms with van der Waals surface area (Å²) in [6, 6.07) is 4.71. The SMILES string of the molecule is CC(C)[C@H](NC(=O)c1cccs1)C(=O)OCC(=O)NC1(C#N)CCCC1. The predicted octanol–water partition coefficient (Wildman–Crippen LogP) is 2.00. The zero-order valence-electron chi connectivity index (χ0n) is 14.9. The van der Waals surface area contributed by atoms with Crippen LogP contribution >= 0.6 is 11.3 Å². The van der Waals surface area contributed by atoms with Crippen LogP contribution in [0.5, 0.6) is 0 Å². The van der Waals surface area contributed by atoms with Gasteiger partial charge in [-0.3, -0.25) is 9.59 Å². The predicted molar refractivity (Wildman–Crippen MR) is 96.3 cm³/mol. The second-order valence-electron chi connectivity index (χ2n) is 6.73. The maximum absolute atomic E-state index is 12.3. The number of amides is 2. The van der Waals surface area contributed by atoms with Crippen LogP contribution in [0.25, 0.3) is 0 Å². The van der Waals surface area contributed by atoms with Crippen molar-refractivity contribution in [2.45, 2.75) is 51.1 Å². The van der Waals surface area contributed by atoms with E-state index in [-0.39, 0.29) is 11.8 Å². The van der Waals surface area contributed by atoms with Gasteiger partial charge in [0, 0.05) is 0 Å². The van der Waals surface area contributed by atoms with Gasteiger partial charge in [0.1, 0.15) is 11.6 Å². The van der Waals surface area contributed by atoms with Crippen LogP contribution < -0.4 is 10.6 Å². The number of hydrogen-bond acceptors (Lipinski definition) is 6. The first kappa shape index (κ1) is 19.9. The maximum Gasteiger partial charge on any atom is 0.329 e. The van der Waals surface area contributed by atoms with Gasteiger partial charge in [0.2, 0.25) is 0 Å². The van der Waals surface area contributed by atoms with E-state index in [9.17, 15) is 19.6 Å². The van der Waals surface area contributed by atoms with Crippen molar-refractivity contribution in [1.29, 1.82) is 5.26 Å². The molecule has 0 bridgehead atoms. The van der Waals surface area contributed by atoms with Crippen molar-refractivity contribution in [2.24, 2.45) is 5.92 Å². The smallest absolute Gasteiger partial charge is 0.329 e. The first-order valence-electron chi connectivity index (χ1n) is 8.60. The molecule has 2 amide bonds. The molecule has 0 aliphatic heterocycles. The van der Waals surface area contributed by atoms with Gasteiger partial charge in [-0.05, 0) is 43.0 Å². The number of hydrogen-bond donors (Lipinski definition) is 2. The van der Waals surface area contributed by atoms with Crippen LogP contribution in [0.2, 0.25) is 0 Å². The first-order valence-corrected chi connectivity index (χ1v) is 9.48. The number of thiophene rings is 1. The summed E-state index contributed by atoms with van der Waals surface area (Å²) in [5.74, 6) is -1.73. The number of carbonyl (C=O) groups is 3. The Hall–Kier alpha value is -2.40. The lowest BCUT2D eigenvalue weighted by atomic mass is 10.00. The highest BCUT2D eigenvalue weighted by Crippen LogP contribution is 2.28. The van der Waals surface area contributed by atoms with E-state index in [4.69, 9.17) is 4.74 Å². The molecule has 8 heteroatoms. The largest absolute Gasteiger partial charge is 0.454 e. The van der Waals surface area contributed by atoms with Gasteiger partial charge in [-0.2, -0.15) is 5.26 Å². The Kier molecular flexibility index (Phi) is 6.75. The fraction of sp³-hybridized carbons (Fsp3) is 0.556. The summed E-state index contributed by atoms with van der Waals surface area (Å²) in [6.45, 7) is 3.09. The van der Waals surface area contributed by atoms with Crippen molar-refractivity contribution in [3.63, 3.8) is 0 Å². The molecule has 0 saturated heterocycles. The molecule has 1 atom stereocenters. The van der Waals surface area contributed by atoms with Gasteiger partial charge in [-0.15, -0.1) is 11.3 Å². The average Bonchev–Trinajstić information content (AvgIpc) is 3.29. The molecule has 1 saturated carbocycles. The van der Waals surface area contributed by atoms with Gasteiger partial charge in [0.05, 0.1) is 10.9 Å². The van der Waals surface area contributed by atoms with E-state index in [0.29, 0.717) is 17.7 Å². The second kappa shape index (κ2) is 8.81. The zero-order chi connectivity index (χ0) is 19.2. The minimum absolute atomic E-state index is 0.199. The third kappa shape index (κ3) is 5.05. The van der Waals surface area contributed by atoms with Crippen molar-refractivity contribution in [1.82, 2.24) is 10.6 Å². The van der Waals surface area contributed by atoms with Crippen molar-refractivity contribution in [3.05, 3.63) is 22.4 Å². The van der Waals surface area contributed by atoms with Gasteiger partial charge in [0.15, 0.2) is 6.61 Å². The molecule has 1 heterocycles. The lowest BCUT2D eigenvalue weighted by molar-refractivity contribution is -0.151. The molecule has 2 rings (SSSR count). The third-order valence-corrected chi connectivity index (χ3v) is 5.22. The summed E-state index contributed by atoms with van der Waals surface area (Å²) in [7, 11) is 0. The maximum atomic E-state index is 12.3. The van der Waals surface area contributed by atoms with Crippen LogP contribution in [-0.2, 0) is 14.3 Å². The van der Waals surface area contributed by atoms with Crippen LogP contribution in [0.1, 0.15) is 49.2 Å². The highest BCUT2D eigenvalue weighted by molar-refractivity contribution is 7.12. The zero-order valence-corrected chi connectivity index (χ0v) is 15.7. The van der Waals surface area contributed by atoms with Gasteiger partial charge < -0.3 is 15.4 Å². The molecular weight excluding hydrogens is 354 g/mol. The van der Waals surface area contributed by atoms with Crippen molar-refractivity contribution >= 4 is 29.1 Å². The average molecular weight is 377 g/mol. The minimum Gasteiger partial charge on any atom is -0.454 e. The van der Waals surface area contributed by atoms with E-state index in [1.165, 1.54) is 11.3 Å². The molecule has 7 nitrogen and oxygen atoms in total. The molecule has 1 aromatic heterocycles. The molecule has 1 aromatic rings. The van der Waals surface area contributed by atoms with Gasteiger partial charge in [-0.1, -0.05) is 19.9 Å². The van der Waals surface area contributed by atoms with E-state index in [2.05, 4.69) is 16.7 Å². The fourth-order valence-electron chi connectivity index (χ4n) is 2.89. The van der Waals surface area contributed by atoms with Crippen LogP contribution in [0.15, 0.2) is 17.5 Å². The Labute approximate surface area is 156 Å². The molecule has 0 unspecified atom stereocenters. The number of rotatable bonds is 7. The number of ether oxygens (including phenoxy) is 1. The molecule has 0 radical (unpaired) electrons. The standard InChI is InChI=1S/C18H23N3O4S/c1-12(2)15(20-16(23)13-6-5-9-26-13)17(24)25-10-14(22)21-18(11-19)7-3-4-8-18/h5-6,9,12,15H,3-4,7-8,10H2,1-2H3,(H,20,23)(H,21,22)/t15-/m0/s1. The highest BCUT2D eigenvalue weighted by atomic mass is 32.1. The Morgan fingerprint density at radius 2 is 2.04 bits per heavy atom.